The first-order valence-electron chi connectivity index (χ1n) is 25.4. The molecule has 0 aliphatic rings. The van der Waals surface area contributed by atoms with Gasteiger partial charge in [0.15, 0.2) is 6.19 Å². The van der Waals surface area contributed by atoms with Crippen molar-refractivity contribution in [3.8, 4) is 6.19 Å². The number of nitrogens with zero attached hydrogens (tertiary/aromatic N) is 3. The molecule has 0 spiro atoms. The Labute approximate surface area is 366 Å². The minimum absolute atomic E-state index is 0.0109. The zero-order chi connectivity index (χ0) is 43.7. The van der Waals surface area contributed by atoms with E-state index in [0.717, 1.165) is 110 Å². The molecule has 348 valence electrons. The normalized spacial score (nSPS) is 11.3. The van der Waals surface area contributed by atoms with E-state index in [4.69, 9.17) is 14.7 Å². The zero-order valence-electron chi connectivity index (χ0n) is 40.1. The summed E-state index contributed by atoms with van der Waals surface area (Å²) in [6.07, 6.45) is 41.1. The van der Waals surface area contributed by atoms with Gasteiger partial charge in [0.25, 0.3) is 0 Å². The SMILES string of the molecule is CC.CCCCCCCCCOC(=O)CCCCCCCN(CCCCCCCC(=O)OC(CCCCCCCC)CCCCCCCC)CCCNC(=NC)NC#N. The molecule has 0 radical (unpaired) electrons. The Morgan fingerprint density at radius 1 is 0.559 bits per heavy atom. The average molecular weight is 834 g/mol. The Morgan fingerprint density at radius 2 is 0.966 bits per heavy atom. The van der Waals surface area contributed by atoms with Crippen molar-refractivity contribution >= 4 is 17.9 Å². The molecule has 0 aromatic carbocycles. The lowest BCUT2D eigenvalue weighted by molar-refractivity contribution is -0.150. The molecule has 0 unspecified atom stereocenters. The minimum Gasteiger partial charge on any atom is -0.466 e. The lowest BCUT2D eigenvalue weighted by atomic mass is 10.0. The van der Waals surface area contributed by atoms with Crippen molar-refractivity contribution in [1.82, 2.24) is 15.5 Å². The highest BCUT2D eigenvalue weighted by molar-refractivity contribution is 5.80. The van der Waals surface area contributed by atoms with Crippen LogP contribution < -0.4 is 10.6 Å². The van der Waals surface area contributed by atoms with Crippen molar-refractivity contribution in [3.63, 3.8) is 0 Å². The van der Waals surface area contributed by atoms with Crippen molar-refractivity contribution in [1.29, 1.82) is 5.26 Å². The zero-order valence-corrected chi connectivity index (χ0v) is 40.1. The molecule has 0 aromatic rings. The third kappa shape index (κ3) is 45.0. The van der Waals surface area contributed by atoms with Crippen LogP contribution in [0.4, 0.5) is 0 Å². The van der Waals surface area contributed by atoms with E-state index >= 15 is 0 Å². The van der Waals surface area contributed by atoms with Gasteiger partial charge in [-0.25, -0.2) is 0 Å². The number of esters is 2. The molecule has 0 heterocycles. The predicted molar refractivity (Wildman–Crippen MR) is 253 cm³/mol. The molecule has 0 aliphatic heterocycles. The highest BCUT2D eigenvalue weighted by atomic mass is 16.5. The second-order valence-electron chi connectivity index (χ2n) is 16.5. The van der Waals surface area contributed by atoms with Crippen molar-refractivity contribution in [2.45, 2.75) is 259 Å². The third-order valence-corrected chi connectivity index (χ3v) is 11.1. The first kappa shape index (κ1) is 58.8. The molecule has 59 heavy (non-hydrogen) atoms. The van der Waals surface area contributed by atoms with Crippen LogP contribution in [0.3, 0.4) is 0 Å². The Morgan fingerprint density at radius 3 is 1.44 bits per heavy atom. The van der Waals surface area contributed by atoms with Crippen molar-refractivity contribution in [3.05, 3.63) is 0 Å². The van der Waals surface area contributed by atoms with Crippen LogP contribution in [0.2, 0.25) is 0 Å². The molecule has 9 heteroatoms. The standard InChI is InChI=1S/C48H93N5O4.C2H6/c1-5-8-11-14-17-26-33-43-56-46(54)37-29-22-18-24-31-40-53(42-34-39-51-48(50-4)52-44-49)41-32-25-19-23-30-38-47(55)57-45(35-27-20-15-12-9-6-2)36-28-21-16-13-10-7-3;1-2/h45H,5-43H2,1-4H3,(H2,50,51,52);1-2H3. The van der Waals surface area contributed by atoms with Crippen LogP contribution in [0.5, 0.6) is 0 Å². The van der Waals surface area contributed by atoms with E-state index in [2.05, 4.69) is 41.3 Å². The molecular formula is C50H99N5O4. The largest absolute Gasteiger partial charge is 0.466 e. The van der Waals surface area contributed by atoms with Gasteiger partial charge >= 0.3 is 11.9 Å². The number of hydrogen-bond acceptors (Lipinski definition) is 7. The number of carbonyl (C=O) groups excluding carboxylic acids is 2. The fourth-order valence-corrected chi connectivity index (χ4v) is 7.48. The lowest BCUT2D eigenvalue weighted by Crippen LogP contribution is -2.36. The number of hydrogen-bond donors (Lipinski definition) is 2. The number of nitrogens with one attached hydrogen (secondary N) is 2. The summed E-state index contributed by atoms with van der Waals surface area (Å²) in [5.74, 6) is 0.491. The van der Waals surface area contributed by atoms with Gasteiger partial charge in [0.1, 0.15) is 6.10 Å². The molecular weight excluding hydrogens is 735 g/mol. The number of rotatable bonds is 43. The van der Waals surface area contributed by atoms with Gasteiger partial charge in [-0.3, -0.25) is 19.9 Å². The summed E-state index contributed by atoms with van der Waals surface area (Å²) >= 11 is 0. The summed E-state index contributed by atoms with van der Waals surface area (Å²) in [5, 5.41) is 14.7. The first-order chi connectivity index (χ1) is 29.0. The van der Waals surface area contributed by atoms with E-state index in [1.807, 2.05) is 20.0 Å². The van der Waals surface area contributed by atoms with Crippen LogP contribution in [0.25, 0.3) is 0 Å². The van der Waals surface area contributed by atoms with E-state index in [9.17, 15) is 9.59 Å². The molecule has 2 N–H and O–H groups in total. The number of unbranched alkanes of at least 4 members (excludes halogenated alkanes) is 24. The highest BCUT2D eigenvalue weighted by Gasteiger charge is 2.14. The number of carbonyl (C=O) groups is 2. The topological polar surface area (TPSA) is 116 Å². The third-order valence-electron chi connectivity index (χ3n) is 11.1. The van der Waals surface area contributed by atoms with Gasteiger partial charge < -0.3 is 19.7 Å². The molecule has 9 nitrogen and oxygen atoms in total. The van der Waals surface area contributed by atoms with Gasteiger partial charge in [0.2, 0.25) is 5.96 Å². The molecule has 0 amide bonds. The molecule has 0 aromatic heterocycles. The second-order valence-corrected chi connectivity index (χ2v) is 16.5. The summed E-state index contributed by atoms with van der Waals surface area (Å²) in [6.45, 7) is 15.3. The monoisotopic (exact) mass is 834 g/mol. The lowest BCUT2D eigenvalue weighted by Gasteiger charge is -2.22. The van der Waals surface area contributed by atoms with Gasteiger partial charge in [0.05, 0.1) is 6.61 Å². The molecule has 0 saturated heterocycles. The Kier molecular flexibility index (Phi) is 49.8. The molecule has 0 atom stereocenters. The summed E-state index contributed by atoms with van der Waals surface area (Å²) in [5.41, 5.74) is 0. The van der Waals surface area contributed by atoms with E-state index in [1.165, 1.54) is 122 Å². The molecule has 0 rings (SSSR count). The van der Waals surface area contributed by atoms with Gasteiger partial charge in [-0.05, 0) is 83.8 Å². The number of nitriles is 1. The van der Waals surface area contributed by atoms with E-state index < -0.39 is 0 Å². The van der Waals surface area contributed by atoms with Gasteiger partial charge in [-0.1, -0.05) is 176 Å². The van der Waals surface area contributed by atoms with Gasteiger partial charge in [-0.2, -0.15) is 5.26 Å². The van der Waals surface area contributed by atoms with Crippen LogP contribution in [-0.2, 0) is 19.1 Å². The second kappa shape index (κ2) is 50.0. The molecule has 0 saturated carbocycles. The predicted octanol–water partition coefficient (Wildman–Crippen LogP) is 13.7. The Bertz CT molecular complexity index is 940. The quantitative estimate of drug-likeness (QED) is 0.0156. The van der Waals surface area contributed by atoms with Crippen LogP contribution >= 0.6 is 0 Å². The summed E-state index contributed by atoms with van der Waals surface area (Å²) in [6, 6.07) is 0. The number of aliphatic imine (C=N–C) groups is 1. The van der Waals surface area contributed by atoms with Crippen molar-refractivity contribution < 1.29 is 19.1 Å². The fraction of sp³-hybridized carbons (Fsp3) is 0.920. The fourth-order valence-electron chi connectivity index (χ4n) is 7.48. The highest BCUT2D eigenvalue weighted by Crippen LogP contribution is 2.18. The Hall–Kier alpha value is -2.34. The number of guanidine groups is 1. The van der Waals surface area contributed by atoms with E-state index in [0.29, 0.717) is 25.4 Å². The van der Waals surface area contributed by atoms with E-state index in [-0.39, 0.29) is 18.0 Å². The smallest absolute Gasteiger partial charge is 0.306 e. The maximum atomic E-state index is 12.8. The van der Waals surface area contributed by atoms with E-state index in [1.54, 1.807) is 7.05 Å². The van der Waals surface area contributed by atoms with Crippen LogP contribution in [0.15, 0.2) is 4.99 Å². The maximum absolute atomic E-state index is 12.8. The van der Waals surface area contributed by atoms with Crippen LogP contribution in [0, 0.1) is 11.5 Å². The average Bonchev–Trinajstić information content (AvgIpc) is 3.24. The first-order valence-corrected chi connectivity index (χ1v) is 25.4. The number of ether oxygens (including phenoxy) is 2. The summed E-state index contributed by atoms with van der Waals surface area (Å²) in [7, 11) is 1.67. The molecule has 0 fully saturated rings. The van der Waals surface area contributed by atoms with Crippen LogP contribution in [0.1, 0.15) is 253 Å². The van der Waals surface area contributed by atoms with Crippen molar-refractivity contribution in [2.24, 2.45) is 4.99 Å². The molecule has 0 aliphatic carbocycles. The van der Waals surface area contributed by atoms with Gasteiger partial charge in [-0.15, -0.1) is 0 Å². The van der Waals surface area contributed by atoms with Crippen molar-refractivity contribution in [2.75, 3.05) is 39.8 Å². The Balaban J connectivity index is 0. The molecule has 0 bridgehead atoms. The van der Waals surface area contributed by atoms with Gasteiger partial charge in [0, 0.05) is 26.4 Å². The summed E-state index contributed by atoms with van der Waals surface area (Å²) < 4.78 is 11.5. The maximum Gasteiger partial charge on any atom is 0.306 e. The summed E-state index contributed by atoms with van der Waals surface area (Å²) in [4.78, 5) is 31.6. The van der Waals surface area contributed by atoms with Crippen LogP contribution in [-0.4, -0.2) is 68.7 Å². The minimum atomic E-state index is -0.0341.